The van der Waals surface area contributed by atoms with Crippen LogP contribution in [0.4, 0.5) is 0 Å². The Morgan fingerprint density at radius 2 is 1.93 bits per heavy atom. The molecular formula is C21H30O6. The molecule has 4 aliphatic carbocycles. The minimum Gasteiger partial charge on any atom is -0.479 e. The molecule has 150 valence electrons. The van der Waals surface area contributed by atoms with E-state index in [1.54, 1.807) is 6.08 Å². The molecule has 0 spiro atoms. The number of carbonyl (C=O) groups excluding carboxylic acids is 1. The second-order valence-electron chi connectivity index (χ2n) is 9.78. The van der Waals surface area contributed by atoms with Gasteiger partial charge in [-0.3, -0.25) is 4.79 Å². The number of allylic oxidation sites excluding steroid dienone is 1. The Morgan fingerprint density at radius 3 is 2.59 bits per heavy atom. The number of fused-ring (bicyclic) bond motifs is 5. The van der Waals surface area contributed by atoms with E-state index in [1.807, 2.05) is 6.92 Å². The molecule has 3 fully saturated rings. The van der Waals surface area contributed by atoms with Crippen molar-refractivity contribution in [1.29, 1.82) is 0 Å². The van der Waals surface area contributed by atoms with Gasteiger partial charge >= 0.3 is 5.97 Å². The maximum absolute atomic E-state index is 11.9. The summed E-state index contributed by atoms with van der Waals surface area (Å²) < 4.78 is 0. The molecule has 0 aliphatic heterocycles. The largest absolute Gasteiger partial charge is 0.479 e. The Hall–Kier alpha value is -1.24. The molecule has 0 aromatic carbocycles. The molecular weight excluding hydrogens is 348 g/mol. The van der Waals surface area contributed by atoms with Gasteiger partial charge in [-0.2, -0.15) is 0 Å². The highest BCUT2D eigenvalue weighted by molar-refractivity contribution is 5.91. The van der Waals surface area contributed by atoms with Crippen molar-refractivity contribution in [2.75, 3.05) is 0 Å². The first kappa shape index (κ1) is 19.1. The van der Waals surface area contributed by atoms with E-state index in [-0.39, 0.29) is 41.8 Å². The summed E-state index contributed by atoms with van der Waals surface area (Å²) in [7, 11) is 0. The third-order valence-corrected chi connectivity index (χ3v) is 8.80. The number of aliphatic carboxylic acids is 1. The van der Waals surface area contributed by atoms with E-state index in [4.69, 9.17) is 0 Å². The van der Waals surface area contributed by atoms with E-state index in [9.17, 15) is 30.0 Å². The van der Waals surface area contributed by atoms with Gasteiger partial charge in [0, 0.05) is 11.8 Å². The fourth-order valence-electron chi connectivity index (χ4n) is 7.38. The summed E-state index contributed by atoms with van der Waals surface area (Å²) in [6, 6.07) is 0. The molecule has 0 saturated heterocycles. The number of carboxylic acid groups (broad SMARTS) is 1. The van der Waals surface area contributed by atoms with Crippen molar-refractivity contribution in [3.8, 4) is 0 Å². The number of rotatable bonds is 2. The molecule has 0 radical (unpaired) electrons. The Kier molecular flexibility index (Phi) is 4.16. The van der Waals surface area contributed by atoms with Crippen molar-refractivity contribution in [2.24, 2.45) is 28.6 Å². The third-order valence-electron chi connectivity index (χ3n) is 8.80. The highest BCUT2D eigenvalue weighted by Crippen LogP contribution is 2.67. The van der Waals surface area contributed by atoms with E-state index in [0.717, 1.165) is 24.8 Å². The van der Waals surface area contributed by atoms with Gasteiger partial charge in [0.25, 0.3) is 0 Å². The monoisotopic (exact) mass is 378 g/mol. The van der Waals surface area contributed by atoms with Crippen molar-refractivity contribution in [1.82, 2.24) is 0 Å². The quantitative estimate of drug-likeness (QED) is 0.581. The lowest BCUT2D eigenvalue weighted by molar-refractivity contribution is -0.210. The number of aliphatic hydroxyl groups is 3. The molecule has 0 amide bonds. The standard InChI is InChI=1S/C21H30O6/c1-19-7-5-12(22)9-11(19)3-4-13-14-6-8-21(27,17(24)18(25)26)20(14,2)10-15(23)16(13)19/h9,13-17,23-24,27H,3-8,10H2,1-2H3,(H,25,26). The van der Waals surface area contributed by atoms with E-state index in [0.29, 0.717) is 12.8 Å². The van der Waals surface area contributed by atoms with Crippen LogP contribution in [-0.2, 0) is 9.59 Å². The van der Waals surface area contributed by atoms with E-state index >= 15 is 0 Å². The summed E-state index contributed by atoms with van der Waals surface area (Å²) in [6.07, 6.45) is 3.27. The van der Waals surface area contributed by atoms with Crippen molar-refractivity contribution < 1.29 is 30.0 Å². The summed E-state index contributed by atoms with van der Waals surface area (Å²) in [6.45, 7) is 4.00. The summed E-state index contributed by atoms with van der Waals surface area (Å²) in [5.41, 5.74) is -1.65. The Morgan fingerprint density at radius 1 is 1.22 bits per heavy atom. The van der Waals surface area contributed by atoms with Crippen LogP contribution >= 0.6 is 0 Å². The Balaban J connectivity index is 1.73. The average molecular weight is 378 g/mol. The summed E-state index contributed by atoms with van der Waals surface area (Å²) in [5, 5.41) is 42.0. The van der Waals surface area contributed by atoms with Gasteiger partial charge in [-0.25, -0.2) is 4.79 Å². The van der Waals surface area contributed by atoms with Gasteiger partial charge in [0.2, 0.25) is 0 Å². The molecule has 6 heteroatoms. The number of carboxylic acids is 1. The number of hydrogen-bond donors (Lipinski definition) is 4. The number of hydrogen-bond acceptors (Lipinski definition) is 5. The minimum atomic E-state index is -1.85. The van der Waals surface area contributed by atoms with E-state index in [1.165, 1.54) is 0 Å². The van der Waals surface area contributed by atoms with E-state index < -0.39 is 29.2 Å². The van der Waals surface area contributed by atoms with Crippen LogP contribution in [0.1, 0.15) is 58.8 Å². The number of ketones is 1. The van der Waals surface area contributed by atoms with Crippen molar-refractivity contribution >= 4 is 11.8 Å². The van der Waals surface area contributed by atoms with Crippen molar-refractivity contribution in [2.45, 2.75) is 76.6 Å². The van der Waals surface area contributed by atoms with Crippen molar-refractivity contribution in [3.63, 3.8) is 0 Å². The highest BCUT2D eigenvalue weighted by Gasteiger charge is 2.68. The predicted molar refractivity (Wildman–Crippen MR) is 96.7 cm³/mol. The third kappa shape index (κ3) is 2.36. The molecule has 8 unspecified atom stereocenters. The summed E-state index contributed by atoms with van der Waals surface area (Å²) in [5.74, 6) is -1.03. The zero-order valence-electron chi connectivity index (χ0n) is 16.0. The summed E-state index contributed by atoms with van der Waals surface area (Å²) in [4.78, 5) is 23.3. The van der Waals surface area contributed by atoms with Gasteiger partial charge in [-0.05, 0) is 67.8 Å². The predicted octanol–water partition coefficient (Wildman–Crippen LogP) is 1.67. The van der Waals surface area contributed by atoms with Crippen LogP contribution in [-0.4, -0.2) is 50.0 Å². The first-order chi connectivity index (χ1) is 12.5. The van der Waals surface area contributed by atoms with Gasteiger partial charge in [-0.1, -0.05) is 19.4 Å². The molecule has 27 heavy (non-hydrogen) atoms. The molecule has 0 aromatic heterocycles. The van der Waals surface area contributed by atoms with Gasteiger partial charge in [0.05, 0.1) is 6.10 Å². The Bertz CT molecular complexity index is 715. The fraction of sp³-hybridized carbons (Fsp3) is 0.810. The molecule has 6 nitrogen and oxygen atoms in total. The molecule has 4 aliphatic rings. The van der Waals surface area contributed by atoms with Crippen LogP contribution in [0.5, 0.6) is 0 Å². The zero-order valence-corrected chi connectivity index (χ0v) is 16.0. The number of carbonyl (C=O) groups is 2. The van der Waals surface area contributed by atoms with Gasteiger partial charge < -0.3 is 20.4 Å². The second-order valence-corrected chi connectivity index (χ2v) is 9.78. The topological polar surface area (TPSA) is 115 Å². The highest BCUT2D eigenvalue weighted by atomic mass is 16.4. The molecule has 0 heterocycles. The molecule has 8 atom stereocenters. The van der Waals surface area contributed by atoms with Crippen LogP contribution in [0, 0.1) is 28.6 Å². The van der Waals surface area contributed by atoms with Crippen LogP contribution in [0.3, 0.4) is 0 Å². The Labute approximate surface area is 159 Å². The van der Waals surface area contributed by atoms with Crippen LogP contribution in [0.25, 0.3) is 0 Å². The second kappa shape index (κ2) is 5.88. The lowest BCUT2D eigenvalue weighted by Gasteiger charge is -2.61. The lowest BCUT2D eigenvalue weighted by Crippen LogP contribution is -2.63. The summed E-state index contributed by atoms with van der Waals surface area (Å²) >= 11 is 0. The maximum atomic E-state index is 11.9. The molecule has 0 aromatic rings. The van der Waals surface area contributed by atoms with Crippen molar-refractivity contribution in [3.05, 3.63) is 11.6 Å². The SMILES string of the molecule is CC12CCC(=O)C=C1CCC1C2C(O)CC2(C)C1CCC2(O)C(O)C(=O)O. The van der Waals surface area contributed by atoms with Gasteiger partial charge in [0.15, 0.2) is 11.9 Å². The molecule has 4 N–H and O–H groups in total. The fourth-order valence-corrected chi connectivity index (χ4v) is 7.38. The molecule has 0 bridgehead atoms. The van der Waals surface area contributed by atoms with Gasteiger partial charge in [-0.15, -0.1) is 0 Å². The van der Waals surface area contributed by atoms with Gasteiger partial charge in [0.1, 0.15) is 5.60 Å². The zero-order chi connectivity index (χ0) is 19.8. The molecule has 4 rings (SSSR count). The van der Waals surface area contributed by atoms with Crippen LogP contribution in [0.2, 0.25) is 0 Å². The average Bonchev–Trinajstić information content (AvgIpc) is 2.86. The van der Waals surface area contributed by atoms with Crippen LogP contribution in [0.15, 0.2) is 11.6 Å². The van der Waals surface area contributed by atoms with E-state index in [2.05, 4.69) is 6.92 Å². The van der Waals surface area contributed by atoms with Crippen LogP contribution < -0.4 is 0 Å². The smallest absolute Gasteiger partial charge is 0.335 e. The minimum absolute atomic E-state index is 0.00740. The number of aliphatic hydroxyl groups excluding tert-OH is 2. The first-order valence-electron chi connectivity index (χ1n) is 10.1. The maximum Gasteiger partial charge on any atom is 0.335 e. The lowest BCUT2D eigenvalue weighted by atomic mass is 9.45. The normalized spacial score (nSPS) is 50.3. The first-order valence-corrected chi connectivity index (χ1v) is 10.1. The molecule has 3 saturated carbocycles.